The van der Waals surface area contributed by atoms with Crippen LogP contribution in [0.25, 0.3) is 0 Å². The van der Waals surface area contributed by atoms with Crippen LogP contribution in [0.3, 0.4) is 0 Å². The van der Waals surface area contributed by atoms with E-state index in [9.17, 15) is 9.59 Å². The number of carbonyl (C=O) groups is 2. The van der Waals surface area contributed by atoms with Gasteiger partial charge in [-0.2, -0.15) is 0 Å². The lowest BCUT2D eigenvalue weighted by Gasteiger charge is -2.37. The molecular weight excluding hydrogens is 643 g/mol. The molecule has 4 aromatic rings. The summed E-state index contributed by atoms with van der Waals surface area (Å²) in [5, 5.41) is 3.22. The molecule has 0 aliphatic heterocycles. The fraction of sp³-hybridized carbons (Fsp3) is 0.447. The molecule has 1 aliphatic rings. The van der Waals surface area contributed by atoms with E-state index < -0.39 is 10.8 Å². The van der Waals surface area contributed by atoms with Crippen molar-refractivity contribution in [1.29, 1.82) is 0 Å². The molecule has 5 nitrogen and oxygen atoms in total. The van der Waals surface area contributed by atoms with Crippen molar-refractivity contribution in [2.45, 2.75) is 77.0 Å². The number of Topliss-reactive ketones (excluding diaryl/α,β-unsaturated/α-hetero) is 1. The first-order valence-corrected chi connectivity index (χ1v) is 19.5. The van der Waals surface area contributed by atoms with E-state index in [4.69, 9.17) is 9.47 Å². The molecule has 0 radical (unpaired) electrons. The second kappa shape index (κ2) is 19.1. The van der Waals surface area contributed by atoms with Crippen LogP contribution in [0.4, 0.5) is 0 Å². The lowest BCUT2D eigenvalue weighted by atomic mass is 9.63. The van der Waals surface area contributed by atoms with Gasteiger partial charge in [-0.05, 0) is 78.0 Å². The Kier molecular flexibility index (Phi) is 14.4. The van der Waals surface area contributed by atoms with Crippen LogP contribution in [0.2, 0.25) is 0 Å². The predicted molar refractivity (Wildman–Crippen MR) is 211 cm³/mol. The first-order valence-electron chi connectivity index (χ1n) is 19.5. The summed E-state index contributed by atoms with van der Waals surface area (Å²) in [4.78, 5) is 28.0. The molecule has 0 bridgehead atoms. The molecule has 0 unspecified atom stereocenters. The number of ketones is 1. The Morgan fingerprint density at radius 1 is 0.577 bits per heavy atom. The van der Waals surface area contributed by atoms with E-state index >= 15 is 0 Å². The van der Waals surface area contributed by atoms with Crippen LogP contribution in [0.1, 0.15) is 88.5 Å². The Hall–Kier alpha value is -4.06. The van der Waals surface area contributed by atoms with Gasteiger partial charge in [0.25, 0.3) is 0 Å². The molecule has 0 saturated heterocycles. The minimum Gasteiger partial charge on any atom is -0.381 e. The van der Waals surface area contributed by atoms with E-state index in [0.29, 0.717) is 38.0 Å². The van der Waals surface area contributed by atoms with Crippen molar-refractivity contribution in [1.82, 2.24) is 5.32 Å². The van der Waals surface area contributed by atoms with Crippen molar-refractivity contribution >= 4 is 11.7 Å². The highest BCUT2D eigenvalue weighted by Gasteiger charge is 2.45. The number of carbonyl (C=O) groups excluding carboxylic acids is 2. The second-order valence-electron chi connectivity index (χ2n) is 15.2. The summed E-state index contributed by atoms with van der Waals surface area (Å²) in [7, 11) is 0. The van der Waals surface area contributed by atoms with Crippen molar-refractivity contribution in [3.8, 4) is 0 Å². The van der Waals surface area contributed by atoms with Gasteiger partial charge >= 0.3 is 0 Å². The molecule has 0 heterocycles. The Labute approximate surface area is 312 Å². The Morgan fingerprint density at radius 2 is 0.942 bits per heavy atom. The molecule has 5 heteroatoms. The van der Waals surface area contributed by atoms with Gasteiger partial charge in [0.15, 0.2) is 0 Å². The highest BCUT2D eigenvalue weighted by Crippen LogP contribution is 2.42. The molecule has 1 amide bonds. The molecule has 4 aromatic carbocycles. The van der Waals surface area contributed by atoms with Gasteiger partial charge in [0.05, 0.1) is 12.0 Å². The zero-order valence-electron chi connectivity index (χ0n) is 31.8. The minimum absolute atomic E-state index is 0.0139. The third kappa shape index (κ3) is 8.93. The third-order valence-electron chi connectivity index (χ3n) is 11.3. The van der Waals surface area contributed by atoms with Crippen LogP contribution < -0.4 is 5.32 Å². The predicted octanol–water partition coefficient (Wildman–Crippen LogP) is 9.58. The average Bonchev–Trinajstić information content (AvgIpc) is 3.17. The molecule has 0 spiro atoms. The van der Waals surface area contributed by atoms with Gasteiger partial charge in [-0.3, -0.25) is 9.59 Å². The van der Waals surface area contributed by atoms with Gasteiger partial charge in [-0.1, -0.05) is 149 Å². The van der Waals surface area contributed by atoms with Crippen LogP contribution >= 0.6 is 0 Å². The number of amides is 1. The SMILES string of the molecule is CC(C)C(C(=O)CCCOCC1CCC(COCCNC(=O)C(c2ccccc2)(c2ccccc2)C(C)C)CC1)(c1ccccc1)c1ccccc1. The van der Waals surface area contributed by atoms with Crippen molar-refractivity contribution < 1.29 is 19.1 Å². The summed E-state index contributed by atoms with van der Waals surface area (Å²) >= 11 is 0. The van der Waals surface area contributed by atoms with E-state index in [-0.39, 0.29) is 23.5 Å². The summed E-state index contributed by atoms with van der Waals surface area (Å²) in [6.45, 7) is 11.6. The zero-order valence-corrected chi connectivity index (χ0v) is 31.8. The standard InChI is InChI=1S/C47H59NO4/c1-36(2)46(40-18-9-5-10-19-40,41-20-11-6-12-21-41)44(49)26-17-32-51-34-38-27-29-39(30-28-38)35-52-33-31-48-45(50)47(37(3)4,42-22-13-7-14-23-42)43-24-15-8-16-25-43/h5-16,18-25,36-39H,17,26-35H2,1-4H3,(H,48,50). The minimum atomic E-state index is -0.776. The highest BCUT2D eigenvalue weighted by atomic mass is 16.5. The van der Waals surface area contributed by atoms with Gasteiger partial charge in [0.2, 0.25) is 5.91 Å². The lowest BCUT2D eigenvalue weighted by molar-refractivity contribution is -0.127. The maximum Gasteiger partial charge on any atom is 0.235 e. The molecule has 1 saturated carbocycles. The fourth-order valence-electron chi connectivity index (χ4n) is 8.61. The van der Waals surface area contributed by atoms with E-state index in [2.05, 4.69) is 81.5 Å². The quantitative estimate of drug-likeness (QED) is 0.0990. The second-order valence-corrected chi connectivity index (χ2v) is 15.2. The highest BCUT2D eigenvalue weighted by molar-refractivity contribution is 5.94. The van der Waals surface area contributed by atoms with Crippen LogP contribution in [0.5, 0.6) is 0 Å². The summed E-state index contributed by atoms with van der Waals surface area (Å²) in [5.41, 5.74) is 2.68. The molecular formula is C47H59NO4. The first kappa shape index (κ1) is 39.2. The van der Waals surface area contributed by atoms with Crippen molar-refractivity contribution in [3.05, 3.63) is 144 Å². The van der Waals surface area contributed by atoms with Crippen LogP contribution in [-0.2, 0) is 29.9 Å². The molecule has 52 heavy (non-hydrogen) atoms. The molecule has 1 aliphatic carbocycles. The third-order valence-corrected chi connectivity index (χ3v) is 11.3. The van der Waals surface area contributed by atoms with E-state index in [1.54, 1.807) is 0 Å². The Bertz CT molecular complexity index is 1430. The molecule has 1 N–H and O–H groups in total. The molecule has 0 aromatic heterocycles. The lowest BCUT2D eigenvalue weighted by Crippen LogP contribution is -2.49. The average molecular weight is 702 g/mol. The van der Waals surface area contributed by atoms with Crippen LogP contribution in [0.15, 0.2) is 121 Å². The Balaban J connectivity index is 1.02. The summed E-state index contributed by atoms with van der Waals surface area (Å²) in [5.74, 6) is 1.54. The largest absolute Gasteiger partial charge is 0.381 e. The zero-order chi connectivity index (χ0) is 36.8. The monoisotopic (exact) mass is 701 g/mol. The topological polar surface area (TPSA) is 64.6 Å². The maximum absolute atomic E-state index is 14.1. The molecule has 276 valence electrons. The van der Waals surface area contributed by atoms with Crippen molar-refractivity contribution in [2.75, 3.05) is 33.0 Å². The summed E-state index contributed by atoms with van der Waals surface area (Å²) < 4.78 is 12.3. The van der Waals surface area contributed by atoms with Crippen molar-refractivity contribution in [3.63, 3.8) is 0 Å². The molecule has 1 fully saturated rings. The van der Waals surface area contributed by atoms with Gasteiger partial charge in [0, 0.05) is 32.8 Å². The smallest absolute Gasteiger partial charge is 0.235 e. The fourth-order valence-corrected chi connectivity index (χ4v) is 8.61. The molecule has 0 atom stereocenters. The van der Waals surface area contributed by atoms with Gasteiger partial charge < -0.3 is 14.8 Å². The van der Waals surface area contributed by atoms with Crippen LogP contribution in [-0.4, -0.2) is 44.7 Å². The van der Waals surface area contributed by atoms with Crippen LogP contribution in [0, 0.1) is 23.7 Å². The van der Waals surface area contributed by atoms with Gasteiger partial charge in [0.1, 0.15) is 11.2 Å². The number of nitrogens with one attached hydrogen (secondary N) is 1. The molecule has 5 rings (SSSR count). The number of hydrogen-bond donors (Lipinski definition) is 1. The van der Waals surface area contributed by atoms with E-state index in [1.165, 1.54) is 0 Å². The Morgan fingerprint density at radius 3 is 1.33 bits per heavy atom. The normalized spacial score (nSPS) is 16.6. The number of benzene rings is 4. The van der Waals surface area contributed by atoms with E-state index in [0.717, 1.165) is 67.6 Å². The van der Waals surface area contributed by atoms with E-state index in [1.807, 2.05) is 72.8 Å². The first-order chi connectivity index (χ1) is 25.3. The van der Waals surface area contributed by atoms with Gasteiger partial charge in [-0.25, -0.2) is 0 Å². The number of rotatable bonds is 19. The number of hydrogen-bond acceptors (Lipinski definition) is 4. The summed E-state index contributed by atoms with van der Waals surface area (Å²) in [6, 6.07) is 40.8. The number of ether oxygens (including phenoxy) is 2. The maximum atomic E-state index is 14.1. The van der Waals surface area contributed by atoms with Gasteiger partial charge in [-0.15, -0.1) is 0 Å². The summed E-state index contributed by atoms with van der Waals surface area (Å²) in [6.07, 6.45) is 5.73. The van der Waals surface area contributed by atoms with Crippen molar-refractivity contribution in [2.24, 2.45) is 23.7 Å².